The Kier molecular flexibility index (Phi) is 2.54. The van der Waals surface area contributed by atoms with Crippen molar-refractivity contribution in [3.8, 4) is 0 Å². The lowest BCUT2D eigenvalue weighted by Gasteiger charge is -2.23. The van der Waals surface area contributed by atoms with Crippen molar-refractivity contribution in [1.82, 2.24) is 4.98 Å². The fraction of sp³-hybridized carbons (Fsp3) is 0.571. The first-order valence-electron chi connectivity index (χ1n) is 6.54. The number of aryl methyl sites for hydroxylation is 1. The number of aromatic nitrogens is 1. The maximum absolute atomic E-state index is 11.6. The van der Waals surface area contributed by atoms with Crippen LogP contribution in [0.3, 0.4) is 0 Å². The van der Waals surface area contributed by atoms with Gasteiger partial charge in [-0.25, -0.2) is 4.98 Å². The minimum atomic E-state index is -0.625. The number of nitrogens with zero attached hydrogens (tertiary/aromatic N) is 2. The molecule has 2 fully saturated rings. The highest BCUT2D eigenvalue weighted by molar-refractivity contribution is 5.77. The molecule has 0 aromatic carbocycles. The number of carboxylic acid groups (broad SMARTS) is 1. The molecule has 2 heterocycles. The SMILES string of the molecule is Cc1cccc(N2C[C@@H]3CCC[C@@]3(C(=O)O)C2)n1. The number of aliphatic carboxylic acids is 1. The third-order valence-corrected chi connectivity index (χ3v) is 4.49. The molecule has 2 atom stereocenters. The largest absolute Gasteiger partial charge is 0.481 e. The molecule has 3 rings (SSSR count). The molecule has 4 heteroatoms. The van der Waals surface area contributed by atoms with Crippen LogP contribution < -0.4 is 4.90 Å². The number of hydrogen-bond acceptors (Lipinski definition) is 3. The second-order valence-corrected chi connectivity index (χ2v) is 5.57. The fourth-order valence-corrected chi connectivity index (χ4v) is 3.52. The maximum atomic E-state index is 11.6. The second-order valence-electron chi connectivity index (χ2n) is 5.57. The van der Waals surface area contributed by atoms with Crippen molar-refractivity contribution in [2.75, 3.05) is 18.0 Å². The smallest absolute Gasteiger partial charge is 0.311 e. The van der Waals surface area contributed by atoms with Gasteiger partial charge in [0.15, 0.2) is 0 Å². The summed E-state index contributed by atoms with van der Waals surface area (Å²) >= 11 is 0. The monoisotopic (exact) mass is 246 g/mol. The fourth-order valence-electron chi connectivity index (χ4n) is 3.52. The van der Waals surface area contributed by atoms with Gasteiger partial charge >= 0.3 is 5.97 Å². The molecule has 1 N–H and O–H groups in total. The molecular weight excluding hydrogens is 228 g/mol. The van der Waals surface area contributed by atoms with E-state index in [9.17, 15) is 9.90 Å². The molecule has 96 valence electrons. The first kappa shape index (κ1) is 11.5. The Morgan fingerprint density at radius 2 is 2.39 bits per heavy atom. The van der Waals surface area contributed by atoms with Crippen LogP contribution in [0.15, 0.2) is 18.2 Å². The molecule has 1 aliphatic heterocycles. The predicted molar refractivity (Wildman–Crippen MR) is 68.6 cm³/mol. The molecule has 2 aliphatic rings. The van der Waals surface area contributed by atoms with Crippen LogP contribution in [-0.2, 0) is 4.79 Å². The summed E-state index contributed by atoms with van der Waals surface area (Å²) < 4.78 is 0. The molecule has 0 unspecified atom stereocenters. The highest BCUT2D eigenvalue weighted by Crippen LogP contribution is 2.49. The van der Waals surface area contributed by atoms with E-state index in [-0.39, 0.29) is 5.92 Å². The Morgan fingerprint density at radius 3 is 3.06 bits per heavy atom. The van der Waals surface area contributed by atoms with Crippen LogP contribution in [0.25, 0.3) is 0 Å². The molecule has 1 saturated carbocycles. The van der Waals surface area contributed by atoms with Gasteiger partial charge in [-0.05, 0) is 37.8 Å². The van der Waals surface area contributed by atoms with Crippen molar-refractivity contribution in [1.29, 1.82) is 0 Å². The average Bonchev–Trinajstić information content (AvgIpc) is 2.85. The van der Waals surface area contributed by atoms with Gasteiger partial charge in [0, 0.05) is 18.8 Å². The van der Waals surface area contributed by atoms with Crippen molar-refractivity contribution in [2.24, 2.45) is 11.3 Å². The van der Waals surface area contributed by atoms with E-state index in [0.29, 0.717) is 6.54 Å². The van der Waals surface area contributed by atoms with Gasteiger partial charge < -0.3 is 10.0 Å². The number of pyridine rings is 1. The molecule has 1 aromatic rings. The highest BCUT2D eigenvalue weighted by Gasteiger charge is 2.55. The number of anilines is 1. The number of hydrogen-bond donors (Lipinski definition) is 1. The quantitative estimate of drug-likeness (QED) is 0.868. The van der Waals surface area contributed by atoms with E-state index < -0.39 is 11.4 Å². The molecule has 0 amide bonds. The zero-order chi connectivity index (χ0) is 12.8. The lowest BCUT2D eigenvalue weighted by molar-refractivity contribution is -0.149. The Hall–Kier alpha value is -1.58. The van der Waals surface area contributed by atoms with Gasteiger partial charge in [-0.2, -0.15) is 0 Å². The Morgan fingerprint density at radius 1 is 1.56 bits per heavy atom. The van der Waals surface area contributed by atoms with Gasteiger partial charge in [0.1, 0.15) is 5.82 Å². The van der Waals surface area contributed by atoms with E-state index in [1.807, 2.05) is 25.1 Å². The molecule has 1 aliphatic carbocycles. The number of carbonyl (C=O) groups is 1. The number of rotatable bonds is 2. The molecule has 0 bridgehead atoms. The summed E-state index contributed by atoms with van der Waals surface area (Å²) in [5, 5.41) is 9.55. The van der Waals surface area contributed by atoms with Gasteiger partial charge in [0.2, 0.25) is 0 Å². The lowest BCUT2D eigenvalue weighted by Crippen LogP contribution is -2.35. The van der Waals surface area contributed by atoms with Gasteiger partial charge in [-0.3, -0.25) is 4.79 Å². The Balaban J connectivity index is 1.89. The predicted octanol–water partition coefficient (Wildman–Crippen LogP) is 2.08. The molecule has 1 aromatic heterocycles. The summed E-state index contributed by atoms with van der Waals surface area (Å²) in [6, 6.07) is 5.93. The van der Waals surface area contributed by atoms with Crippen LogP contribution in [0, 0.1) is 18.3 Å². The average molecular weight is 246 g/mol. The third kappa shape index (κ3) is 1.59. The van der Waals surface area contributed by atoms with Crippen molar-refractivity contribution in [3.63, 3.8) is 0 Å². The Bertz CT molecular complexity index is 488. The Labute approximate surface area is 107 Å². The number of fused-ring (bicyclic) bond motifs is 1. The van der Waals surface area contributed by atoms with Crippen molar-refractivity contribution >= 4 is 11.8 Å². The molecular formula is C14H18N2O2. The summed E-state index contributed by atoms with van der Waals surface area (Å²) in [4.78, 5) is 18.3. The zero-order valence-electron chi connectivity index (χ0n) is 10.6. The van der Waals surface area contributed by atoms with Gasteiger partial charge in [0.25, 0.3) is 0 Å². The van der Waals surface area contributed by atoms with Crippen LogP contribution >= 0.6 is 0 Å². The minimum absolute atomic E-state index is 0.289. The lowest BCUT2D eigenvalue weighted by atomic mass is 9.81. The van der Waals surface area contributed by atoms with Crippen molar-refractivity contribution in [2.45, 2.75) is 26.2 Å². The summed E-state index contributed by atoms with van der Waals surface area (Å²) in [6.45, 7) is 3.42. The molecule has 0 radical (unpaired) electrons. The van der Waals surface area contributed by atoms with E-state index in [0.717, 1.165) is 37.3 Å². The van der Waals surface area contributed by atoms with E-state index in [4.69, 9.17) is 0 Å². The maximum Gasteiger partial charge on any atom is 0.311 e. The summed E-state index contributed by atoms with van der Waals surface area (Å²) in [6.07, 6.45) is 2.90. The van der Waals surface area contributed by atoms with Gasteiger partial charge in [-0.1, -0.05) is 12.5 Å². The highest BCUT2D eigenvalue weighted by atomic mass is 16.4. The summed E-state index contributed by atoms with van der Waals surface area (Å²) in [5.41, 5.74) is 0.458. The summed E-state index contributed by atoms with van der Waals surface area (Å²) in [7, 11) is 0. The molecule has 0 spiro atoms. The van der Waals surface area contributed by atoms with E-state index in [2.05, 4.69) is 9.88 Å². The van der Waals surface area contributed by atoms with Gasteiger partial charge in [0.05, 0.1) is 5.41 Å². The molecule has 1 saturated heterocycles. The standard InChI is InChI=1S/C14H18N2O2/c1-10-4-2-6-12(15-10)16-8-11-5-3-7-14(11,9-16)13(17)18/h2,4,6,11H,3,5,7-9H2,1H3,(H,17,18)/t11-,14+/m0/s1. The van der Waals surface area contributed by atoms with Crippen molar-refractivity contribution in [3.05, 3.63) is 23.9 Å². The molecule has 18 heavy (non-hydrogen) atoms. The number of carboxylic acids is 1. The second kappa shape index (κ2) is 3.97. The minimum Gasteiger partial charge on any atom is -0.481 e. The van der Waals surface area contributed by atoms with Crippen LogP contribution in [0.4, 0.5) is 5.82 Å². The van der Waals surface area contributed by atoms with E-state index in [1.54, 1.807) is 0 Å². The van der Waals surface area contributed by atoms with E-state index in [1.165, 1.54) is 0 Å². The van der Waals surface area contributed by atoms with Gasteiger partial charge in [-0.15, -0.1) is 0 Å². The zero-order valence-corrected chi connectivity index (χ0v) is 10.6. The van der Waals surface area contributed by atoms with Crippen molar-refractivity contribution < 1.29 is 9.90 Å². The van der Waals surface area contributed by atoms with Crippen LogP contribution in [0.5, 0.6) is 0 Å². The topological polar surface area (TPSA) is 53.4 Å². The van der Waals surface area contributed by atoms with E-state index >= 15 is 0 Å². The molecule has 4 nitrogen and oxygen atoms in total. The first-order valence-corrected chi connectivity index (χ1v) is 6.54. The third-order valence-electron chi connectivity index (χ3n) is 4.49. The van der Waals surface area contributed by atoms with Crippen LogP contribution in [0.2, 0.25) is 0 Å². The summed E-state index contributed by atoms with van der Waals surface area (Å²) in [5.74, 6) is 0.586. The van der Waals surface area contributed by atoms with Crippen LogP contribution in [0.1, 0.15) is 25.0 Å². The first-order chi connectivity index (χ1) is 8.62. The normalized spacial score (nSPS) is 30.5. The van der Waals surface area contributed by atoms with Crippen LogP contribution in [-0.4, -0.2) is 29.1 Å².